The molecule has 10 heteroatoms. The van der Waals surface area contributed by atoms with Crippen LogP contribution in [-0.2, 0) is 35.2 Å². The fourth-order valence-corrected chi connectivity index (χ4v) is 5.54. The average molecular weight is 565 g/mol. The smallest absolute Gasteiger partial charge is 0.407 e. The van der Waals surface area contributed by atoms with Crippen LogP contribution >= 0.6 is 0 Å². The third-order valence-electron chi connectivity index (χ3n) is 6.83. The van der Waals surface area contributed by atoms with E-state index in [1.165, 1.54) is 13.4 Å². The number of methoxy groups -OCH3 is 1. The van der Waals surface area contributed by atoms with Gasteiger partial charge in [0, 0.05) is 34.1 Å². The lowest BCUT2D eigenvalue weighted by Crippen LogP contribution is -2.53. The van der Waals surface area contributed by atoms with Crippen LogP contribution in [0.2, 0.25) is 0 Å². The zero-order chi connectivity index (χ0) is 28.7. The molecular formula is C30H33N3O6S. The number of alkyl carbamates (subject to hydrolysis) is 1. The van der Waals surface area contributed by atoms with E-state index in [-0.39, 0.29) is 31.1 Å². The van der Waals surface area contributed by atoms with E-state index in [1.54, 1.807) is 0 Å². The molecule has 0 radical (unpaired) electrons. The lowest BCUT2D eigenvalue weighted by atomic mass is 9.98. The number of amides is 2. The van der Waals surface area contributed by atoms with E-state index >= 15 is 0 Å². The molecule has 0 saturated carbocycles. The highest BCUT2D eigenvalue weighted by molar-refractivity contribution is 7.91. The number of carbonyl (C=O) groups excluding carboxylic acids is 3. The summed E-state index contributed by atoms with van der Waals surface area (Å²) in [5.41, 5.74) is 5.08. The number of hydrogen-bond donors (Lipinski definition) is 3. The van der Waals surface area contributed by atoms with Gasteiger partial charge in [-0.25, -0.2) is 9.59 Å². The van der Waals surface area contributed by atoms with Crippen molar-refractivity contribution in [3.05, 3.63) is 95.6 Å². The third kappa shape index (κ3) is 7.26. The maximum atomic E-state index is 13.3. The number of rotatable bonds is 11. The molecule has 2 amide bonds. The minimum atomic E-state index is -2.94. The molecule has 1 aliphatic rings. The lowest BCUT2D eigenvalue weighted by Gasteiger charge is -2.23. The SMILES string of the molecule is COC(=O)[C@H](Cc1ccccc1)NC(=O)[C@H](CCS(C)(=[15NH])=O)NC(=O)OCC1c2ccccc2-c2ccccc21. The van der Waals surface area contributed by atoms with Gasteiger partial charge < -0.3 is 20.1 Å². The molecule has 3 aromatic carbocycles. The number of nitrogens with one attached hydrogen (secondary N) is 3. The van der Waals surface area contributed by atoms with Crippen molar-refractivity contribution in [1.82, 2.24) is 10.6 Å². The van der Waals surface area contributed by atoms with E-state index < -0.39 is 39.8 Å². The molecule has 3 N–H and O–H groups in total. The first-order chi connectivity index (χ1) is 19.2. The zero-order valence-corrected chi connectivity index (χ0v) is 23.2. The van der Waals surface area contributed by atoms with Crippen molar-refractivity contribution in [1.29, 1.82) is 4.78 Å². The largest absolute Gasteiger partial charge is 0.467 e. The highest BCUT2D eigenvalue weighted by Gasteiger charge is 2.31. The molecule has 0 spiro atoms. The molecule has 0 saturated heterocycles. The number of ether oxygens (including phenoxy) is 2. The molecule has 40 heavy (non-hydrogen) atoms. The summed E-state index contributed by atoms with van der Waals surface area (Å²) in [5.74, 6) is -1.60. The Hall–Kier alpha value is -4.18. The number of benzene rings is 3. The fraction of sp³-hybridized carbons (Fsp3) is 0.300. The first-order valence-corrected chi connectivity index (χ1v) is 15.0. The number of esters is 1. The summed E-state index contributed by atoms with van der Waals surface area (Å²) in [6, 6.07) is 22.8. The first kappa shape index (κ1) is 28.8. The molecular weight excluding hydrogens is 531 g/mol. The van der Waals surface area contributed by atoms with Crippen LogP contribution in [0.4, 0.5) is 4.79 Å². The minimum absolute atomic E-state index is 0.0515. The van der Waals surface area contributed by atoms with Gasteiger partial charge in [0.15, 0.2) is 0 Å². The first-order valence-electron chi connectivity index (χ1n) is 12.9. The number of carbonyl (C=O) groups is 3. The van der Waals surface area contributed by atoms with Gasteiger partial charge in [-0.15, -0.1) is 0 Å². The Balaban J connectivity index is 1.45. The normalized spacial score (nSPS) is 15.1. The van der Waals surface area contributed by atoms with Gasteiger partial charge in [-0.3, -0.25) is 13.8 Å². The molecule has 1 aliphatic carbocycles. The Labute approximate surface area is 234 Å². The predicted octanol–water partition coefficient (Wildman–Crippen LogP) is 3.86. The van der Waals surface area contributed by atoms with E-state index in [0.717, 1.165) is 27.8 Å². The van der Waals surface area contributed by atoms with Gasteiger partial charge >= 0.3 is 12.1 Å². The summed E-state index contributed by atoms with van der Waals surface area (Å²) in [7, 11) is -1.72. The predicted molar refractivity (Wildman–Crippen MR) is 152 cm³/mol. The molecule has 9 nitrogen and oxygen atoms in total. The molecule has 0 bridgehead atoms. The molecule has 0 aromatic heterocycles. The fourth-order valence-electron chi connectivity index (χ4n) is 4.85. The van der Waals surface area contributed by atoms with Gasteiger partial charge in [-0.05, 0) is 34.2 Å². The molecule has 0 fully saturated rings. The molecule has 1 unspecified atom stereocenters. The average Bonchev–Trinajstić information content (AvgIpc) is 3.27. The van der Waals surface area contributed by atoms with Crippen LogP contribution in [0.25, 0.3) is 11.1 Å². The summed E-state index contributed by atoms with van der Waals surface area (Å²) >= 11 is 0. The molecule has 0 heterocycles. The van der Waals surface area contributed by atoms with Crippen LogP contribution in [0.1, 0.15) is 29.0 Å². The van der Waals surface area contributed by atoms with Crippen LogP contribution in [0.15, 0.2) is 78.9 Å². The van der Waals surface area contributed by atoms with Gasteiger partial charge in [0.1, 0.15) is 18.7 Å². The van der Waals surface area contributed by atoms with Crippen LogP contribution in [0, 0.1) is 4.78 Å². The Bertz CT molecular complexity index is 1430. The van der Waals surface area contributed by atoms with Gasteiger partial charge in [-0.2, -0.15) is 0 Å². The summed E-state index contributed by atoms with van der Waals surface area (Å²) in [6.07, 6.45) is 0.544. The zero-order valence-electron chi connectivity index (χ0n) is 22.4. The summed E-state index contributed by atoms with van der Waals surface area (Å²) in [6.45, 7) is 0.0515. The summed E-state index contributed by atoms with van der Waals surface area (Å²) in [4.78, 5) is 38.6. The van der Waals surface area contributed by atoms with Crippen LogP contribution in [0.5, 0.6) is 0 Å². The quantitative estimate of drug-likeness (QED) is 0.239. The molecule has 210 valence electrons. The van der Waals surface area contributed by atoms with E-state index in [4.69, 9.17) is 14.3 Å². The van der Waals surface area contributed by atoms with Crippen molar-refractivity contribution in [3.8, 4) is 11.1 Å². The van der Waals surface area contributed by atoms with Crippen molar-refractivity contribution < 1.29 is 28.1 Å². The van der Waals surface area contributed by atoms with E-state index in [0.29, 0.717) is 0 Å². The van der Waals surface area contributed by atoms with Gasteiger partial charge in [0.05, 0.1) is 7.11 Å². The van der Waals surface area contributed by atoms with Crippen LogP contribution in [0.3, 0.4) is 0 Å². The molecule has 3 aromatic rings. The Morgan fingerprint density at radius 3 is 2.02 bits per heavy atom. The maximum Gasteiger partial charge on any atom is 0.407 e. The molecule has 3 atom stereocenters. The third-order valence-corrected chi connectivity index (χ3v) is 7.85. The highest BCUT2D eigenvalue weighted by atomic mass is 32.2. The van der Waals surface area contributed by atoms with Crippen molar-refractivity contribution in [2.75, 3.05) is 25.7 Å². The maximum absolute atomic E-state index is 13.3. The van der Waals surface area contributed by atoms with Crippen LogP contribution < -0.4 is 10.6 Å². The van der Waals surface area contributed by atoms with Crippen molar-refractivity contribution in [3.63, 3.8) is 0 Å². The standard InChI is InChI=1S/C30H33N3O6S/c1-38-29(35)27(18-20-10-4-3-5-11-20)32-28(34)26(16-17-40(2,31)37)33-30(36)39-19-25-23-14-8-6-12-21(23)22-13-7-9-15-24(22)25/h3-15,25-27,31H,16-19H2,1-2H3,(H,32,34)(H,33,36)/t26-,27-,40?/m0/s1/i31+1. The number of fused-ring (bicyclic) bond motifs is 3. The van der Waals surface area contributed by atoms with Gasteiger partial charge in [0.25, 0.3) is 0 Å². The Morgan fingerprint density at radius 1 is 0.875 bits per heavy atom. The van der Waals surface area contributed by atoms with Gasteiger partial charge in [-0.1, -0.05) is 78.9 Å². The summed E-state index contributed by atoms with van der Waals surface area (Å²) in [5, 5.41) is 5.20. The topological polar surface area (TPSA) is 135 Å². The minimum Gasteiger partial charge on any atom is -0.467 e. The van der Waals surface area contributed by atoms with E-state index in [9.17, 15) is 18.6 Å². The van der Waals surface area contributed by atoms with Gasteiger partial charge in [0.2, 0.25) is 5.91 Å². The van der Waals surface area contributed by atoms with E-state index in [2.05, 4.69) is 10.6 Å². The highest BCUT2D eigenvalue weighted by Crippen LogP contribution is 2.44. The van der Waals surface area contributed by atoms with Crippen LogP contribution in [-0.4, -0.2) is 60.0 Å². The Kier molecular flexibility index (Phi) is 9.21. The van der Waals surface area contributed by atoms with Crippen molar-refractivity contribution >= 4 is 27.7 Å². The molecule has 0 aliphatic heterocycles. The molecule has 4 rings (SSSR count). The second kappa shape index (κ2) is 12.8. The number of hydrogen-bond acceptors (Lipinski definition) is 7. The summed E-state index contributed by atoms with van der Waals surface area (Å²) < 4.78 is 30.3. The lowest BCUT2D eigenvalue weighted by molar-refractivity contribution is -0.145. The Morgan fingerprint density at radius 2 is 1.45 bits per heavy atom. The second-order valence-corrected chi connectivity index (χ2v) is 12.2. The van der Waals surface area contributed by atoms with Crippen molar-refractivity contribution in [2.24, 2.45) is 0 Å². The van der Waals surface area contributed by atoms with Crippen molar-refractivity contribution in [2.45, 2.75) is 30.8 Å². The monoisotopic (exact) mass is 564 g/mol. The second-order valence-electron chi connectivity index (χ2n) is 9.79. The van der Waals surface area contributed by atoms with E-state index in [1.807, 2.05) is 78.9 Å².